The lowest BCUT2D eigenvalue weighted by Crippen LogP contribution is -2.45. The number of aromatic nitrogens is 1. The summed E-state index contributed by atoms with van der Waals surface area (Å²) in [4.78, 5) is 4.10. The van der Waals surface area contributed by atoms with Crippen molar-refractivity contribution in [2.45, 2.75) is 26.4 Å². The fourth-order valence-electron chi connectivity index (χ4n) is 2.06. The summed E-state index contributed by atoms with van der Waals surface area (Å²) in [5, 5.41) is 11.8. The fraction of sp³-hybridized carbons (Fsp3) is 0.353. The van der Waals surface area contributed by atoms with E-state index in [-0.39, 0.29) is 6.61 Å². The van der Waals surface area contributed by atoms with Crippen LogP contribution in [0.15, 0.2) is 48.8 Å². The minimum atomic E-state index is -1.14. The SMILES string of the molecule is CC(C)(C)C(O)(COc1ccc(Cl)cc1)c1cccnc1. The highest BCUT2D eigenvalue weighted by Gasteiger charge is 2.42. The molecule has 1 atom stereocenters. The van der Waals surface area contributed by atoms with Crippen molar-refractivity contribution >= 4 is 11.6 Å². The summed E-state index contributed by atoms with van der Waals surface area (Å²) in [5.74, 6) is 0.672. The first-order valence-electron chi connectivity index (χ1n) is 6.84. The van der Waals surface area contributed by atoms with Crippen LogP contribution in [0, 0.1) is 5.41 Å². The highest BCUT2D eigenvalue weighted by molar-refractivity contribution is 6.30. The highest BCUT2D eigenvalue weighted by Crippen LogP contribution is 2.39. The van der Waals surface area contributed by atoms with Crippen molar-refractivity contribution in [3.05, 3.63) is 59.4 Å². The Morgan fingerprint density at radius 2 is 1.81 bits per heavy atom. The first-order chi connectivity index (χ1) is 9.83. The van der Waals surface area contributed by atoms with Crippen molar-refractivity contribution < 1.29 is 9.84 Å². The summed E-state index contributed by atoms with van der Waals surface area (Å²) in [6.45, 7) is 6.07. The summed E-state index contributed by atoms with van der Waals surface area (Å²) < 4.78 is 5.77. The zero-order valence-corrected chi connectivity index (χ0v) is 13.3. The molecule has 0 aliphatic heterocycles. The van der Waals surface area contributed by atoms with Crippen molar-refractivity contribution in [3.8, 4) is 5.75 Å². The lowest BCUT2D eigenvalue weighted by atomic mass is 9.73. The molecule has 0 radical (unpaired) electrons. The van der Waals surface area contributed by atoms with E-state index in [9.17, 15) is 5.11 Å². The number of pyridine rings is 1. The molecule has 1 heterocycles. The molecule has 1 aromatic heterocycles. The van der Waals surface area contributed by atoms with E-state index in [0.29, 0.717) is 10.8 Å². The lowest BCUT2D eigenvalue weighted by Gasteiger charge is -2.40. The summed E-state index contributed by atoms with van der Waals surface area (Å²) >= 11 is 5.86. The van der Waals surface area contributed by atoms with Gasteiger partial charge >= 0.3 is 0 Å². The lowest BCUT2D eigenvalue weighted by molar-refractivity contribution is -0.0947. The van der Waals surface area contributed by atoms with Crippen molar-refractivity contribution in [2.75, 3.05) is 6.61 Å². The largest absolute Gasteiger partial charge is 0.490 e. The van der Waals surface area contributed by atoms with Gasteiger partial charge in [0.1, 0.15) is 18.0 Å². The molecule has 4 heteroatoms. The van der Waals surface area contributed by atoms with Gasteiger partial charge in [-0.25, -0.2) is 0 Å². The molecule has 0 saturated carbocycles. The van der Waals surface area contributed by atoms with E-state index >= 15 is 0 Å². The van der Waals surface area contributed by atoms with Crippen LogP contribution < -0.4 is 4.74 Å². The molecule has 0 saturated heterocycles. The summed E-state index contributed by atoms with van der Waals surface area (Å²) in [6, 6.07) is 10.8. The highest BCUT2D eigenvalue weighted by atomic mass is 35.5. The molecule has 3 nitrogen and oxygen atoms in total. The minimum Gasteiger partial charge on any atom is -0.490 e. The van der Waals surface area contributed by atoms with Crippen molar-refractivity contribution in [2.24, 2.45) is 5.41 Å². The zero-order valence-electron chi connectivity index (χ0n) is 12.5. The number of hydrogen-bond donors (Lipinski definition) is 1. The molecular formula is C17H20ClNO2. The average Bonchev–Trinajstić information content (AvgIpc) is 2.46. The fourth-order valence-corrected chi connectivity index (χ4v) is 2.18. The van der Waals surface area contributed by atoms with Gasteiger partial charge in [0.05, 0.1) is 0 Å². The van der Waals surface area contributed by atoms with Crippen LogP contribution in [0.3, 0.4) is 0 Å². The smallest absolute Gasteiger partial charge is 0.130 e. The third-order valence-electron chi connectivity index (χ3n) is 3.64. The molecule has 0 amide bonds. The zero-order chi connectivity index (χ0) is 15.5. The molecule has 1 aromatic carbocycles. The van der Waals surface area contributed by atoms with E-state index in [2.05, 4.69) is 4.98 Å². The van der Waals surface area contributed by atoms with Crippen LogP contribution >= 0.6 is 11.6 Å². The van der Waals surface area contributed by atoms with E-state index in [0.717, 1.165) is 5.56 Å². The Balaban J connectivity index is 2.24. The molecule has 0 spiro atoms. The maximum Gasteiger partial charge on any atom is 0.130 e. The van der Waals surface area contributed by atoms with E-state index in [1.165, 1.54) is 0 Å². The van der Waals surface area contributed by atoms with Crippen LogP contribution in [0.5, 0.6) is 5.75 Å². The Kier molecular flexibility index (Phi) is 4.55. The monoisotopic (exact) mass is 305 g/mol. The number of halogens is 1. The van der Waals surface area contributed by atoms with Crippen LogP contribution in [0.1, 0.15) is 26.3 Å². The van der Waals surface area contributed by atoms with Crippen molar-refractivity contribution in [1.82, 2.24) is 4.98 Å². The van der Waals surface area contributed by atoms with Gasteiger partial charge in [-0.05, 0) is 35.7 Å². The summed E-state index contributed by atoms with van der Waals surface area (Å²) in [6.07, 6.45) is 3.36. The molecule has 2 rings (SSSR count). The number of ether oxygens (including phenoxy) is 1. The normalized spacial score (nSPS) is 14.5. The van der Waals surface area contributed by atoms with Gasteiger partial charge in [0.2, 0.25) is 0 Å². The first-order valence-corrected chi connectivity index (χ1v) is 7.22. The maximum atomic E-state index is 11.1. The quantitative estimate of drug-likeness (QED) is 0.926. The van der Waals surface area contributed by atoms with Gasteiger partial charge in [0.25, 0.3) is 0 Å². The topological polar surface area (TPSA) is 42.4 Å². The summed E-state index contributed by atoms with van der Waals surface area (Å²) in [5.41, 5.74) is -0.796. The molecular weight excluding hydrogens is 286 g/mol. The number of rotatable bonds is 4. The molecule has 1 unspecified atom stereocenters. The Labute approximate surface area is 130 Å². The van der Waals surface area contributed by atoms with Crippen LogP contribution in [0.4, 0.5) is 0 Å². The van der Waals surface area contributed by atoms with Crippen LogP contribution in [0.2, 0.25) is 5.02 Å². The first kappa shape index (κ1) is 15.8. The average molecular weight is 306 g/mol. The second-order valence-corrected chi connectivity index (χ2v) is 6.53. The Morgan fingerprint density at radius 3 is 2.33 bits per heavy atom. The Morgan fingerprint density at radius 1 is 1.14 bits per heavy atom. The van der Waals surface area contributed by atoms with Gasteiger partial charge in [0, 0.05) is 23.0 Å². The van der Waals surface area contributed by atoms with Crippen molar-refractivity contribution in [3.63, 3.8) is 0 Å². The second-order valence-electron chi connectivity index (χ2n) is 6.09. The third-order valence-corrected chi connectivity index (χ3v) is 3.89. The Bertz CT molecular complexity index is 578. The minimum absolute atomic E-state index is 0.143. The number of hydrogen-bond acceptors (Lipinski definition) is 3. The molecule has 2 aromatic rings. The van der Waals surface area contributed by atoms with Crippen molar-refractivity contribution in [1.29, 1.82) is 0 Å². The third kappa shape index (κ3) is 3.55. The summed E-state index contributed by atoms with van der Waals surface area (Å²) in [7, 11) is 0. The van der Waals surface area contributed by atoms with E-state index < -0.39 is 11.0 Å². The van der Waals surface area contributed by atoms with Gasteiger partial charge in [-0.2, -0.15) is 0 Å². The van der Waals surface area contributed by atoms with Crippen LogP contribution in [-0.2, 0) is 5.60 Å². The number of nitrogens with zero attached hydrogens (tertiary/aromatic N) is 1. The standard InChI is InChI=1S/C17H20ClNO2/c1-16(2,3)17(20,13-5-4-10-19-11-13)12-21-15-8-6-14(18)7-9-15/h4-11,20H,12H2,1-3H3. The molecule has 1 N–H and O–H groups in total. The predicted octanol–water partition coefficient (Wildman–Crippen LogP) is 4.05. The molecule has 0 bridgehead atoms. The van der Waals surface area contributed by atoms with Gasteiger partial charge in [-0.1, -0.05) is 38.4 Å². The van der Waals surface area contributed by atoms with E-state index in [1.807, 2.05) is 32.9 Å². The number of aliphatic hydroxyl groups is 1. The maximum absolute atomic E-state index is 11.1. The van der Waals surface area contributed by atoms with E-state index in [4.69, 9.17) is 16.3 Å². The van der Waals surface area contributed by atoms with E-state index in [1.54, 1.807) is 36.7 Å². The molecule has 0 aliphatic rings. The molecule has 21 heavy (non-hydrogen) atoms. The molecule has 112 valence electrons. The van der Waals surface area contributed by atoms with Gasteiger partial charge in [-0.3, -0.25) is 4.98 Å². The van der Waals surface area contributed by atoms with Gasteiger partial charge in [-0.15, -0.1) is 0 Å². The van der Waals surface area contributed by atoms with Gasteiger partial charge < -0.3 is 9.84 Å². The second kappa shape index (κ2) is 6.04. The predicted molar refractivity (Wildman–Crippen MR) is 84.5 cm³/mol. The Hall–Kier alpha value is -1.58. The van der Waals surface area contributed by atoms with Gasteiger partial charge in [0.15, 0.2) is 0 Å². The van der Waals surface area contributed by atoms with Crippen LogP contribution in [-0.4, -0.2) is 16.7 Å². The van der Waals surface area contributed by atoms with Crippen LogP contribution in [0.25, 0.3) is 0 Å². The number of benzene rings is 1. The molecule has 0 aliphatic carbocycles. The molecule has 0 fully saturated rings.